The molecule has 0 aliphatic carbocycles. The van der Waals surface area contributed by atoms with Crippen LogP contribution in [0.25, 0.3) is 11.1 Å². The summed E-state index contributed by atoms with van der Waals surface area (Å²) in [7, 11) is 1.69. The Morgan fingerprint density at radius 3 is 1.93 bits per heavy atom. The molecule has 2 aromatic rings. The first-order valence-electron chi connectivity index (χ1n) is 9.74. The Morgan fingerprint density at radius 1 is 0.862 bits per heavy atom. The normalized spacial score (nSPS) is 12.7. The van der Waals surface area contributed by atoms with E-state index in [1.54, 1.807) is 13.3 Å². The summed E-state index contributed by atoms with van der Waals surface area (Å²) >= 11 is 3.66. The van der Waals surface area contributed by atoms with Gasteiger partial charge in [0.1, 0.15) is 17.0 Å². The van der Waals surface area contributed by atoms with Gasteiger partial charge in [0.25, 0.3) is 0 Å². The van der Waals surface area contributed by atoms with E-state index in [2.05, 4.69) is 52.7 Å². The van der Waals surface area contributed by atoms with Gasteiger partial charge in [0.2, 0.25) is 5.88 Å². The van der Waals surface area contributed by atoms with Crippen LogP contribution < -0.4 is 14.2 Å². The van der Waals surface area contributed by atoms with Crippen molar-refractivity contribution in [3.05, 3.63) is 28.4 Å². The highest BCUT2D eigenvalue weighted by molar-refractivity contribution is 9.10. The molecule has 0 N–H and O–H groups in total. The topological polar surface area (TPSA) is 53.5 Å². The van der Waals surface area contributed by atoms with Crippen molar-refractivity contribution in [2.24, 2.45) is 0 Å². The molecule has 0 aliphatic rings. The van der Waals surface area contributed by atoms with E-state index in [1.807, 2.05) is 47.6 Å². The third-order valence-electron chi connectivity index (χ3n) is 3.90. The van der Waals surface area contributed by atoms with Crippen molar-refractivity contribution in [2.75, 3.05) is 7.11 Å². The first-order chi connectivity index (χ1) is 13.1. The third-order valence-corrected chi connectivity index (χ3v) is 4.49. The molecule has 0 unspecified atom stereocenters. The van der Waals surface area contributed by atoms with Crippen molar-refractivity contribution < 1.29 is 14.2 Å². The van der Waals surface area contributed by atoms with Gasteiger partial charge in [-0.05, 0) is 80.6 Å². The number of ether oxygens (including phenoxy) is 3. The predicted molar refractivity (Wildman–Crippen MR) is 121 cm³/mol. The second kappa shape index (κ2) is 8.13. The lowest BCUT2D eigenvalue weighted by atomic mass is 9.84. The summed E-state index contributed by atoms with van der Waals surface area (Å²) < 4.78 is 18.6. The fourth-order valence-corrected chi connectivity index (χ4v) is 3.38. The fourth-order valence-electron chi connectivity index (χ4n) is 2.75. The smallest absolute Gasteiger partial charge is 0.320 e. The van der Waals surface area contributed by atoms with Gasteiger partial charge >= 0.3 is 6.01 Å². The van der Waals surface area contributed by atoms with E-state index in [-0.39, 0.29) is 5.41 Å². The zero-order valence-electron chi connectivity index (χ0n) is 19.2. The molecule has 160 valence electrons. The first-order valence-corrected chi connectivity index (χ1v) is 10.5. The number of methoxy groups -OCH3 is 1. The Hall–Kier alpha value is -1.82. The third kappa shape index (κ3) is 6.33. The van der Waals surface area contributed by atoms with Crippen LogP contribution in [-0.2, 0) is 5.41 Å². The maximum Gasteiger partial charge on any atom is 0.320 e. The largest absolute Gasteiger partial charge is 0.495 e. The molecule has 5 nitrogen and oxygen atoms in total. The Balaban J connectivity index is 2.68. The van der Waals surface area contributed by atoms with Gasteiger partial charge in [-0.3, -0.25) is 0 Å². The molecule has 2 rings (SSSR count). The molecule has 0 radical (unpaired) electrons. The van der Waals surface area contributed by atoms with Crippen molar-refractivity contribution in [2.45, 2.75) is 78.9 Å². The van der Waals surface area contributed by atoms with Crippen molar-refractivity contribution in [3.8, 4) is 28.8 Å². The molecule has 0 fully saturated rings. The molecule has 0 bridgehead atoms. The van der Waals surface area contributed by atoms with Crippen LogP contribution in [-0.4, -0.2) is 28.3 Å². The average Bonchev–Trinajstić information content (AvgIpc) is 2.50. The predicted octanol–water partition coefficient (Wildman–Crippen LogP) is 6.57. The minimum atomic E-state index is -0.418. The molecule has 1 aromatic carbocycles. The first kappa shape index (κ1) is 23.5. The number of rotatable bonds is 4. The number of halogens is 1. The van der Waals surface area contributed by atoms with E-state index in [1.165, 1.54) is 0 Å². The summed E-state index contributed by atoms with van der Waals surface area (Å²) in [6.07, 6.45) is 1.76. The average molecular weight is 465 g/mol. The minimum absolute atomic E-state index is 0.106. The highest BCUT2D eigenvalue weighted by Gasteiger charge is 2.25. The molecule has 0 saturated carbocycles. The monoisotopic (exact) mass is 464 g/mol. The van der Waals surface area contributed by atoms with Crippen LogP contribution in [0.1, 0.15) is 67.9 Å². The second-order valence-electron chi connectivity index (χ2n) is 10.1. The van der Waals surface area contributed by atoms with Gasteiger partial charge in [-0.1, -0.05) is 20.8 Å². The molecule has 0 saturated heterocycles. The molecule has 0 spiro atoms. The van der Waals surface area contributed by atoms with Gasteiger partial charge in [0.05, 0.1) is 17.1 Å². The lowest BCUT2D eigenvalue weighted by Crippen LogP contribution is -2.26. The number of hydrogen-bond acceptors (Lipinski definition) is 5. The van der Waals surface area contributed by atoms with Crippen molar-refractivity contribution >= 4 is 15.9 Å². The van der Waals surface area contributed by atoms with E-state index in [9.17, 15) is 0 Å². The summed E-state index contributed by atoms with van der Waals surface area (Å²) in [6, 6.07) is 4.42. The van der Waals surface area contributed by atoms with Crippen LogP contribution >= 0.6 is 15.9 Å². The highest BCUT2D eigenvalue weighted by atomic mass is 79.9. The lowest BCUT2D eigenvalue weighted by molar-refractivity contribution is 0.103. The summed E-state index contributed by atoms with van der Waals surface area (Å²) in [5.41, 5.74) is 1.91. The Labute approximate surface area is 183 Å². The van der Waals surface area contributed by atoms with Crippen LogP contribution in [0, 0.1) is 0 Å². The summed E-state index contributed by atoms with van der Waals surface area (Å²) in [6.45, 7) is 18.3. The van der Waals surface area contributed by atoms with Gasteiger partial charge in [-0.2, -0.15) is 4.98 Å². The zero-order chi connectivity index (χ0) is 22.2. The fraction of sp³-hybridized carbons (Fsp3) is 0.565. The van der Waals surface area contributed by atoms with Gasteiger partial charge in [-0.15, -0.1) is 0 Å². The number of benzene rings is 1. The summed E-state index contributed by atoms with van der Waals surface area (Å²) in [5.74, 6) is 1.32. The molecule has 0 aliphatic heterocycles. The van der Waals surface area contributed by atoms with Crippen molar-refractivity contribution in [1.82, 2.24) is 9.97 Å². The van der Waals surface area contributed by atoms with Gasteiger partial charge < -0.3 is 14.2 Å². The Bertz CT molecular complexity index is 875. The van der Waals surface area contributed by atoms with Crippen LogP contribution in [0.5, 0.6) is 17.6 Å². The SMILES string of the molecule is COc1c(Br)cc(-c2cnc(OC(C)(C)C)nc2OC(C)(C)C)cc1C(C)(C)C. The molecular weight excluding hydrogens is 432 g/mol. The number of aromatic nitrogens is 2. The number of nitrogens with zero attached hydrogens (tertiary/aromatic N) is 2. The van der Waals surface area contributed by atoms with E-state index >= 15 is 0 Å². The second-order valence-corrected chi connectivity index (χ2v) is 10.9. The van der Waals surface area contributed by atoms with Crippen LogP contribution in [0.2, 0.25) is 0 Å². The highest BCUT2D eigenvalue weighted by Crippen LogP contribution is 2.42. The Kier molecular flexibility index (Phi) is 6.58. The van der Waals surface area contributed by atoms with Gasteiger partial charge in [-0.25, -0.2) is 4.98 Å². The number of hydrogen-bond donors (Lipinski definition) is 0. The molecule has 6 heteroatoms. The molecular formula is C23H33BrN2O3. The van der Waals surface area contributed by atoms with Crippen LogP contribution in [0.4, 0.5) is 0 Å². The molecule has 0 atom stereocenters. The van der Waals surface area contributed by atoms with Gasteiger partial charge in [0.15, 0.2) is 0 Å². The summed E-state index contributed by atoms with van der Waals surface area (Å²) in [4.78, 5) is 9.02. The minimum Gasteiger partial charge on any atom is -0.495 e. The maximum absolute atomic E-state index is 6.19. The quantitative estimate of drug-likeness (QED) is 0.511. The maximum atomic E-state index is 6.19. The van der Waals surface area contributed by atoms with E-state index < -0.39 is 11.2 Å². The summed E-state index contributed by atoms with van der Waals surface area (Å²) in [5, 5.41) is 0. The molecule has 29 heavy (non-hydrogen) atoms. The van der Waals surface area contributed by atoms with E-state index in [0.29, 0.717) is 11.9 Å². The van der Waals surface area contributed by atoms with Crippen LogP contribution in [0.3, 0.4) is 0 Å². The zero-order valence-corrected chi connectivity index (χ0v) is 20.8. The van der Waals surface area contributed by atoms with Crippen molar-refractivity contribution in [1.29, 1.82) is 0 Å². The molecule has 1 aromatic heterocycles. The molecule has 1 heterocycles. The Morgan fingerprint density at radius 2 is 1.45 bits per heavy atom. The van der Waals surface area contributed by atoms with Crippen molar-refractivity contribution in [3.63, 3.8) is 0 Å². The van der Waals surface area contributed by atoms with E-state index in [0.717, 1.165) is 26.9 Å². The molecule has 0 amide bonds. The lowest BCUT2D eigenvalue weighted by Gasteiger charge is -2.26. The van der Waals surface area contributed by atoms with Crippen LogP contribution in [0.15, 0.2) is 22.8 Å². The van der Waals surface area contributed by atoms with Gasteiger partial charge in [0, 0.05) is 11.8 Å². The standard InChI is InChI=1S/C23H33BrN2O3/c1-21(2,3)16-11-14(12-17(24)18(16)27-10)15-13-25-20(29-23(7,8)9)26-19(15)28-22(4,5)6/h11-13H,1-10H3. The van der Waals surface area contributed by atoms with E-state index in [4.69, 9.17) is 14.2 Å².